The van der Waals surface area contributed by atoms with Crippen LogP contribution < -0.4 is 0 Å². The maximum absolute atomic E-state index is 12.4. The molecule has 0 bridgehead atoms. The number of carbonyl (C=O) groups is 1. The maximum Gasteiger partial charge on any atom is 0.192 e. The van der Waals surface area contributed by atoms with Crippen molar-refractivity contribution in [3.63, 3.8) is 0 Å². The van der Waals surface area contributed by atoms with Crippen molar-refractivity contribution in [2.75, 3.05) is 5.75 Å². The highest BCUT2D eigenvalue weighted by Crippen LogP contribution is 2.26. The number of nitrogens with one attached hydrogen (secondary N) is 1. The summed E-state index contributed by atoms with van der Waals surface area (Å²) < 4.78 is 3.40. The van der Waals surface area contributed by atoms with Crippen LogP contribution in [0, 0.1) is 27.2 Å². The minimum absolute atomic E-state index is 0.204. The molecule has 3 nitrogen and oxygen atoms in total. The third-order valence-electron chi connectivity index (χ3n) is 4.27. The Balaban J connectivity index is 2.20. The van der Waals surface area contributed by atoms with Crippen molar-refractivity contribution < 1.29 is 4.79 Å². The van der Waals surface area contributed by atoms with Gasteiger partial charge in [-0.2, -0.15) is 0 Å². The van der Waals surface area contributed by atoms with Crippen LogP contribution in [-0.2, 0) is 11.3 Å². The summed E-state index contributed by atoms with van der Waals surface area (Å²) in [7, 11) is 0. The van der Waals surface area contributed by atoms with Crippen molar-refractivity contribution in [2.45, 2.75) is 66.3 Å². The lowest BCUT2D eigenvalue weighted by atomic mass is 9.89. The Hall–Kier alpha value is -0.460. The van der Waals surface area contributed by atoms with Crippen molar-refractivity contribution in [3.05, 3.63) is 21.7 Å². The van der Waals surface area contributed by atoms with Gasteiger partial charge in [-0.1, -0.05) is 64.5 Å². The van der Waals surface area contributed by atoms with Gasteiger partial charge in [0.05, 0.1) is 0 Å². The molecule has 1 aromatic heterocycles. The molecule has 0 amide bonds. The Bertz CT molecular complexity index is 634. The Kier molecular flexibility index (Phi) is 10.9. The first kappa shape index (κ1) is 22.6. The van der Waals surface area contributed by atoms with Gasteiger partial charge in [-0.05, 0) is 49.4 Å². The third kappa shape index (κ3) is 9.15. The number of aromatic nitrogens is 2. The minimum Gasteiger partial charge on any atom is -0.325 e. The van der Waals surface area contributed by atoms with Crippen LogP contribution in [0.15, 0.2) is 12.3 Å². The first-order chi connectivity index (χ1) is 11.8. The van der Waals surface area contributed by atoms with Gasteiger partial charge in [-0.25, -0.2) is 0 Å². The van der Waals surface area contributed by atoms with Gasteiger partial charge in [-0.15, -0.1) is 0 Å². The summed E-state index contributed by atoms with van der Waals surface area (Å²) in [4.78, 5) is 15.4. The summed E-state index contributed by atoms with van der Waals surface area (Å²) in [5.74, 6) is 2.16. The van der Waals surface area contributed by atoms with E-state index in [1.54, 1.807) is 0 Å². The molecule has 1 unspecified atom stereocenters. The average Bonchev–Trinajstić information content (AvgIpc) is 2.52. The standard InChI is InChI=1S/C19H32N2OS3/c1-14(2)13-16(15(3)4)18(22)25-12-8-6-5-7-10-21-11-9-17(23)20-19(21)24/h9,11,14-16H,5-8,10,12-13H2,1-4H3,(H,20,23,24). The highest BCUT2D eigenvalue weighted by Gasteiger charge is 2.23. The van der Waals surface area contributed by atoms with Crippen LogP contribution in [-0.4, -0.2) is 20.4 Å². The number of hydrogen-bond acceptors (Lipinski definition) is 4. The van der Waals surface area contributed by atoms with Crippen LogP contribution in [0.1, 0.15) is 59.8 Å². The van der Waals surface area contributed by atoms with E-state index >= 15 is 0 Å². The maximum atomic E-state index is 12.4. The molecule has 0 aliphatic heterocycles. The molecule has 1 heterocycles. The third-order valence-corrected chi connectivity index (χ3v) is 5.92. The fourth-order valence-corrected chi connectivity index (χ4v) is 4.40. The first-order valence-corrected chi connectivity index (χ1v) is 11.1. The molecule has 0 saturated carbocycles. The van der Waals surface area contributed by atoms with E-state index in [1.165, 1.54) is 11.8 Å². The van der Waals surface area contributed by atoms with E-state index in [0.29, 0.717) is 26.4 Å². The summed E-state index contributed by atoms with van der Waals surface area (Å²) in [6.07, 6.45) is 7.48. The van der Waals surface area contributed by atoms with Crippen molar-refractivity contribution in [1.82, 2.24) is 9.55 Å². The number of hydrogen-bond donors (Lipinski definition) is 1. The number of aromatic amines is 1. The second-order valence-electron chi connectivity index (χ2n) is 7.37. The molecular formula is C19H32N2OS3. The van der Waals surface area contributed by atoms with E-state index in [9.17, 15) is 4.79 Å². The molecule has 6 heteroatoms. The van der Waals surface area contributed by atoms with E-state index < -0.39 is 0 Å². The molecule has 142 valence electrons. The molecule has 1 aromatic rings. The molecule has 0 saturated heterocycles. The zero-order valence-electron chi connectivity index (χ0n) is 15.9. The second-order valence-corrected chi connectivity index (χ2v) is 9.29. The molecule has 0 radical (unpaired) electrons. The van der Waals surface area contributed by atoms with E-state index in [1.807, 2.05) is 16.8 Å². The highest BCUT2D eigenvalue weighted by atomic mass is 32.2. The predicted molar refractivity (Wildman–Crippen MR) is 114 cm³/mol. The monoisotopic (exact) mass is 400 g/mol. The van der Waals surface area contributed by atoms with E-state index in [2.05, 4.69) is 32.7 Å². The normalized spacial score (nSPS) is 12.7. The van der Waals surface area contributed by atoms with Gasteiger partial charge in [0.25, 0.3) is 0 Å². The molecular weight excluding hydrogens is 368 g/mol. The molecule has 0 aliphatic carbocycles. The molecule has 0 spiro atoms. The fraction of sp³-hybridized carbons (Fsp3) is 0.737. The van der Waals surface area contributed by atoms with Crippen LogP contribution in [0.25, 0.3) is 0 Å². The molecule has 25 heavy (non-hydrogen) atoms. The summed E-state index contributed by atoms with van der Waals surface area (Å²) in [5, 5.41) is 0.384. The summed E-state index contributed by atoms with van der Waals surface area (Å²) in [6, 6.07) is 1.87. The summed E-state index contributed by atoms with van der Waals surface area (Å²) in [6.45, 7) is 9.62. The average molecular weight is 401 g/mol. The van der Waals surface area contributed by atoms with E-state index in [0.717, 1.165) is 44.4 Å². The van der Waals surface area contributed by atoms with Gasteiger partial charge in [-0.3, -0.25) is 4.79 Å². The molecule has 0 aromatic carbocycles. The number of unbranched alkanes of at least 4 members (excludes halogenated alkanes) is 3. The smallest absolute Gasteiger partial charge is 0.192 e. The van der Waals surface area contributed by atoms with Gasteiger partial charge in [0.2, 0.25) is 0 Å². The minimum atomic E-state index is 0.204. The second kappa shape index (κ2) is 12.0. The van der Waals surface area contributed by atoms with Crippen LogP contribution in [0.4, 0.5) is 0 Å². The predicted octanol–water partition coefficient (Wildman–Crippen LogP) is 6.41. The Labute approximate surface area is 167 Å². The molecule has 1 rings (SSSR count). The van der Waals surface area contributed by atoms with Gasteiger partial charge >= 0.3 is 0 Å². The van der Waals surface area contributed by atoms with Gasteiger partial charge in [0, 0.05) is 24.4 Å². The van der Waals surface area contributed by atoms with Crippen LogP contribution >= 0.6 is 36.2 Å². The lowest BCUT2D eigenvalue weighted by Gasteiger charge is -2.20. The van der Waals surface area contributed by atoms with Crippen molar-refractivity contribution in [1.29, 1.82) is 0 Å². The number of H-pyrrole nitrogens is 1. The zero-order chi connectivity index (χ0) is 18.8. The van der Waals surface area contributed by atoms with Crippen LogP contribution in [0.5, 0.6) is 0 Å². The van der Waals surface area contributed by atoms with Crippen LogP contribution in [0.2, 0.25) is 0 Å². The number of thioether (sulfide) groups is 1. The molecule has 1 N–H and O–H groups in total. The van der Waals surface area contributed by atoms with Crippen molar-refractivity contribution in [3.8, 4) is 0 Å². The largest absolute Gasteiger partial charge is 0.325 e. The Morgan fingerprint density at radius 3 is 2.44 bits per heavy atom. The summed E-state index contributed by atoms with van der Waals surface area (Å²) >= 11 is 11.9. The highest BCUT2D eigenvalue weighted by molar-refractivity contribution is 8.13. The Morgan fingerprint density at radius 1 is 1.16 bits per heavy atom. The van der Waals surface area contributed by atoms with Crippen molar-refractivity contribution >= 4 is 41.3 Å². The lowest BCUT2D eigenvalue weighted by molar-refractivity contribution is -0.116. The van der Waals surface area contributed by atoms with E-state index in [-0.39, 0.29) is 5.92 Å². The van der Waals surface area contributed by atoms with E-state index in [4.69, 9.17) is 24.4 Å². The van der Waals surface area contributed by atoms with Gasteiger partial charge in [0.1, 0.15) is 4.64 Å². The molecule has 0 aliphatic rings. The SMILES string of the molecule is CC(C)CC(C(=O)SCCCCCCn1ccc(=S)[nH]c1=S)C(C)C. The quantitative estimate of drug-likeness (QED) is 0.344. The molecule has 1 atom stereocenters. The molecule has 0 fully saturated rings. The van der Waals surface area contributed by atoms with Gasteiger partial charge in [0.15, 0.2) is 9.89 Å². The number of aryl methyl sites for hydroxylation is 1. The fourth-order valence-electron chi connectivity index (χ4n) is 2.79. The Morgan fingerprint density at radius 2 is 1.84 bits per heavy atom. The van der Waals surface area contributed by atoms with Crippen molar-refractivity contribution in [2.24, 2.45) is 17.8 Å². The summed E-state index contributed by atoms with van der Waals surface area (Å²) in [5.41, 5.74) is 0. The van der Waals surface area contributed by atoms with Gasteiger partial charge < -0.3 is 9.55 Å². The van der Waals surface area contributed by atoms with Crippen LogP contribution in [0.3, 0.4) is 0 Å². The lowest BCUT2D eigenvalue weighted by Crippen LogP contribution is -2.20. The first-order valence-electron chi connectivity index (χ1n) is 9.27. The number of nitrogens with zero attached hydrogens (tertiary/aromatic N) is 1. The number of rotatable bonds is 11. The topological polar surface area (TPSA) is 37.8 Å². The zero-order valence-corrected chi connectivity index (χ0v) is 18.4. The number of carbonyl (C=O) groups excluding carboxylic acids is 1.